The van der Waals surface area contributed by atoms with Gasteiger partial charge in [-0.05, 0) is 35.4 Å². The van der Waals surface area contributed by atoms with Gasteiger partial charge in [0.05, 0.1) is 34.7 Å². The molecule has 2 atom stereocenters. The van der Waals surface area contributed by atoms with Gasteiger partial charge in [-0.1, -0.05) is 60.7 Å². The van der Waals surface area contributed by atoms with Gasteiger partial charge in [-0.25, -0.2) is 0 Å². The van der Waals surface area contributed by atoms with E-state index < -0.39 is 12.2 Å². The van der Waals surface area contributed by atoms with Gasteiger partial charge in [-0.15, -0.1) is 0 Å². The van der Waals surface area contributed by atoms with Crippen molar-refractivity contribution in [3.8, 4) is 12.1 Å². The van der Waals surface area contributed by atoms with Crippen LogP contribution in [0.4, 0.5) is 0 Å². The molecule has 5 heteroatoms. The molecule has 0 aliphatic heterocycles. The fourth-order valence-corrected chi connectivity index (χ4v) is 3.69. The Bertz CT molecular complexity index is 1180. The van der Waals surface area contributed by atoms with E-state index in [4.69, 9.17) is 4.74 Å². The smallest absolute Gasteiger partial charge is 0.104 e. The van der Waals surface area contributed by atoms with Crippen molar-refractivity contribution >= 4 is 0 Å². The maximum absolute atomic E-state index is 9.39. The molecule has 0 saturated carbocycles. The van der Waals surface area contributed by atoms with Crippen molar-refractivity contribution in [1.82, 2.24) is 9.97 Å². The standard InChI is InChI=1S/C28H22N4O/c29-19-23-11-13-31-25(15-23)27(17-21-7-3-1-4-8-21)33-28(18-22-9-5-2-6-10-22)26-16-24(20-30)12-14-32-26/h1-16,27-28H,17-18H2. The van der Waals surface area contributed by atoms with Crippen molar-refractivity contribution in [2.24, 2.45) is 0 Å². The first-order valence-corrected chi connectivity index (χ1v) is 10.7. The van der Waals surface area contributed by atoms with Crippen molar-refractivity contribution in [1.29, 1.82) is 10.5 Å². The molecular weight excluding hydrogens is 408 g/mol. The van der Waals surface area contributed by atoms with Gasteiger partial charge < -0.3 is 4.74 Å². The fourth-order valence-electron chi connectivity index (χ4n) is 3.69. The Morgan fingerprint density at radius 3 is 1.45 bits per heavy atom. The maximum atomic E-state index is 9.39. The number of nitrogens with zero attached hydrogens (tertiary/aromatic N) is 4. The van der Waals surface area contributed by atoms with Crippen molar-refractivity contribution in [2.75, 3.05) is 0 Å². The van der Waals surface area contributed by atoms with Crippen LogP contribution >= 0.6 is 0 Å². The van der Waals surface area contributed by atoms with Crippen LogP contribution in [0.25, 0.3) is 0 Å². The minimum absolute atomic E-state index is 0.401. The summed E-state index contributed by atoms with van der Waals surface area (Å²) in [5.74, 6) is 0. The lowest BCUT2D eigenvalue weighted by molar-refractivity contribution is -0.0193. The minimum Gasteiger partial charge on any atom is -0.362 e. The van der Waals surface area contributed by atoms with E-state index in [1.165, 1.54) is 0 Å². The van der Waals surface area contributed by atoms with E-state index in [-0.39, 0.29) is 0 Å². The van der Waals surface area contributed by atoms with Crippen molar-refractivity contribution in [3.63, 3.8) is 0 Å². The van der Waals surface area contributed by atoms with Gasteiger partial charge in [0.2, 0.25) is 0 Å². The quantitative estimate of drug-likeness (QED) is 0.368. The summed E-state index contributed by atoms with van der Waals surface area (Å²) in [4.78, 5) is 9.04. The molecule has 2 aromatic carbocycles. The average molecular weight is 431 g/mol. The summed E-state index contributed by atoms with van der Waals surface area (Å²) < 4.78 is 6.69. The second-order valence-electron chi connectivity index (χ2n) is 7.66. The van der Waals surface area contributed by atoms with Gasteiger partial charge in [-0.3, -0.25) is 9.97 Å². The molecule has 4 aromatic rings. The molecule has 160 valence electrons. The zero-order chi connectivity index (χ0) is 22.9. The van der Waals surface area contributed by atoms with Gasteiger partial charge in [0, 0.05) is 25.2 Å². The van der Waals surface area contributed by atoms with E-state index >= 15 is 0 Å². The largest absolute Gasteiger partial charge is 0.362 e. The van der Waals surface area contributed by atoms with Gasteiger partial charge in [0.25, 0.3) is 0 Å². The van der Waals surface area contributed by atoms with Gasteiger partial charge in [0.1, 0.15) is 12.2 Å². The first kappa shape index (κ1) is 21.9. The average Bonchev–Trinajstić information content (AvgIpc) is 2.89. The highest BCUT2D eigenvalue weighted by atomic mass is 16.5. The Morgan fingerprint density at radius 1 is 0.636 bits per heavy atom. The molecule has 0 amide bonds. The third-order valence-corrected chi connectivity index (χ3v) is 5.34. The molecule has 0 aliphatic carbocycles. The SMILES string of the molecule is N#Cc1ccnc(C(Cc2ccccc2)OC(Cc2ccccc2)c2cc(C#N)ccn2)c1. The molecule has 0 aliphatic rings. The van der Waals surface area contributed by atoms with Crippen molar-refractivity contribution in [2.45, 2.75) is 25.0 Å². The third kappa shape index (κ3) is 5.89. The Labute approximate surface area is 193 Å². The molecule has 2 heterocycles. The van der Waals surface area contributed by atoms with E-state index in [1.807, 2.05) is 60.7 Å². The fraction of sp³-hybridized carbons (Fsp3) is 0.143. The zero-order valence-corrected chi connectivity index (χ0v) is 18.0. The molecule has 2 unspecified atom stereocenters. The summed E-state index contributed by atoms with van der Waals surface area (Å²) in [6, 6.07) is 31.4. The van der Waals surface area contributed by atoms with Crippen LogP contribution in [-0.2, 0) is 17.6 Å². The van der Waals surface area contributed by atoms with Crippen molar-refractivity contribution in [3.05, 3.63) is 131 Å². The van der Waals surface area contributed by atoms with Gasteiger partial charge >= 0.3 is 0 Å². The van der Waals surface area contributed by atoms with Crippen LogP contribution in [-0.4, -0.2) is 9.97 Å². The lowest BCUT2D eigenvalue weighted by Gasteiger charge is -2.25. The van der Waals surface area contributed by atoms with Crippen LogP contribution in [0.5, 0.6) is 0 Å². The van der Waals surface area contributed by atoms with E-state index in [0.29, 0.717) is 35.4 Å². The molecule has 0 saturated heterocycles. The topological polar surface area (TPSA) is 82.6 Å². The molecule has 0 bridgehead atoms. The summed E-state index contributed by atoms with van der Waals surface area (Å²) in [5.41, 5.74) is 4.64. The molecule has 5 nitrogen and oxygen atoms in total. The highest BCUT2D eigenvalue weighted by Crippen LogP contribution is 2.31. The van der Waals surface area contributed by atoms with Crippen LogP contribution in [0.3, 0.4) is 0 Å². The number of hydrogen-bond acceptors (Lipinski definition) is 5. The first-order valence-electron chi connectivity index (χ1n) is 10.7. The van der Waals surface area contributed by atoms with Gasteiger partial charge in [-0.2, -0.15) is 10.5 Å². The third-order valence-electron chi connectivity index (χ3n) is 5.34. The van der Waals surface area contributed by atoms with Crippen LogP contribution < -0.4 is 0 Å². The monoisotopic (exact) mass is 430 g/mol. The number of benzene rings is 2. The van der Waals surface area contributed by atoms with E-state index in [0.717, 1.165) is 11.1 Å². The number of rotatable bonds is 8. The maximum Gasteiger partial charge on any atom is 0.104 e. The molecule has 0 radical (unpaired) electrons. The molecule has 2 aromatic heterocycles. The molecular formula is C28H22N4O. The first-order chi connectivity index (χ1) is 16.2. The van der Waals surface area contributed by atoms with Crippen LogP contribution in [0.15, 0.2) is 97.3 Å². The lowest BCUT2D eigenvalue weighted by atomic mass is 10.0. The molecule has 0 spiro atoms. The van der Waals surface area contributed by atoms with Crippen LogP contribution in [0.2, 0.25) is 0 Å². The summed E-state index contributed by atoms with van der Waals surface area (Å²) in [5, 5.41) is 18.8. The highest BCUT2D eigenvalue weighted by molar-refractivity contribution is 5.32. The van der Waals surface area contributed by atoms with Gasteiger partial charge in [0.15, 0.2) is 0 Å². The molecule has 4 rings (SSSR count). The minimum atomic E-state index is -0.401. The number of aromatic nitrogens is 2. The van der Waals surface area contributed by atoms with Crippen LogP contribution in [0, 0.1) is 22.7 Å². The molecule has 0 fully saturated rings. The summed E-state index contributed by atoms with van der Waals surface area (Å²) >= 11 is 0. The number of ether oxygens (including phenoxy) is 1. The predicted octanol–water partition coefficient (Wildman–Crippen LogP) is 5.50. The predicted molar refractivity (Wildman–Crippen MR) is 125 cm³/mol. The normalized spacial score (nSPS) is 12.3. The summed E-state index contributed by atoms with van der Waals surface area (Å²) in [6.45, 7) is 0. The second kappa shape index (κ2) is 10.8. The number of hydrogen-bond donors (Lipinski definition) is 0. The molecule has 33 heavy (non-hydrogen) atoms. The zero-order valence-electron chi connectivity index (χ0n) is 18.0. The van der Waals surface area contributed by atoms with Crippen molar-refractivity contribution < 1.29 is 4.74 Å². The highest BCUT2D eigenvalue weighted by Gasteiger charge is 2.24. The lowest BCUT2D eigenvalue weighted by Crippen LogP contribution is -2.17. The molecule has 0 N–H and O–H groups in total. The Kier molecular flexibility index (Phi) is 7.18. The van der Waals surface area contributed by atoms with Crippen LogP contribution in [0.1, 0.15) is 45.8 Å². The van der Waals surface area contributed by atoms with E-state index in [2.05, 4.69) is 22.1 Å². The van der Waals surface area contributed by atoms with E-state index in [1.54, 1.807) is 36.7 Å². The second-order valence-corrected chi connectivity index (χ2v) is 7.66. The number of nitriles is 2. The Morgan fingerprint density at radius 2 is 1.06 bits per heavy atom. The Hall–Kier alpha value is -4.32. The Balaban J connectivity index is 1.72. The number of pyridine rings is 2. The summed E-state index contributed by atoms with van der Waals surface area (Å²) in [7, 11) is 0. The summed E-state index contributed by atoms with van der Waals surface area (Å²) in [6.07, 6.45) is 3.65. The van der Waals surface area contributed by atoms with E-state index in [9.17, 15) is 10.5 Å².